The number of hydrogen-bond acceptors (Lipinski definition) is 3. The molecule has 0 amide bonds. The molecule has 0 aromatic heterocycles. The normalized spacial score (nSPS) is 10.9. The van der Waals surface area contributed by atoms with Gasteiger partial charge in [-0.3, -0.25) is 0 Å². The second kappa shape index (κ2) is 4.22. The molecule has 0 atom stereocenters. The molecule has 0 aliphatic heterocycles. The van der Waals surface area contributed by atoms with Crippen molar-refractivity contribution in [3.8, 4) is 6.07 Å². The first-order chi connectivity index (χ1) is 6.58. The fourth-order valence-electron chi connectivity index (χ4n) is 1.06. The van der Waals surface area contributed by atoms with Gasteiger partial charge in [-0.2, -0.15) is 9.98 Å². The number of benzene rings is 1. The summed E-state index contributed by atoms with van der Waals surface area (Å²) in [5.74, 6) is 0. The predicted octanol–water partition coefficient (Wildman–Crippen LogP) is 0.797. The predicted molar refractivity (Wildman–Crippen MR) is 52.0 cm³/mol. The van der Waals surface area contributed by atoms with Gasteiger partial charge in [-0.05, 0) is 18.6 Å². The van der Waals surface area contributed by atoms with Crippen LogP contribution in [0.25, 0.3) is 0 Å². The fourth-order valence-corrected chi connectivity index (χ4v) is 2.22. The zero-order chi connectivity index (χ0) is 10.6. The molecule has 0 bridgehead atoms. The molecule has 0 fully saturated rings. The summed E-state index contributed by atoms with van der Waals surface area (Å²) in [7, 11) is -3.53. The quantitative estimate of drug-likeness (QED) is 0.750. The molecule has 1 N–H and O–H groups in total. The molecule has 5 heteroatoms. The van der Waals surface area contributed by atoms with Gasteiger partial charge in [0.15, 0.2) is 0 Å². The van der Waals surface area contributed by atoms with Crippen LogP contribution in [0.15, 0.2) is 29.2 Å². The lowest BCUT2D eigenvalue weighted by Gasteiger charge is -2.05. The summed E-state index contributed by atoms with van der Waals surface area (Å²) in [4.78, 5) is 0.218. The van der Waals surface area contributed by atoms with Crippen LogP contribution in [0.3, 0.4) is 0 Å². The molecule has 0 aliphatic rings. The van der Waals surface area contributed by atoms with Crippen molar-refractivity contribution in [1.82, 2.24) is 4.72 Å². The molecular formula is C9H10N2O2S. The molecule has 0 heterocycles. The highest BCUT2D eigenvalue weighted by molar-refractivity contribution is 7.89. The van der Waals surface area contributed by atoms with E-state index < -0.39 is 10.0 Å². The standard InChI is InChI=1S/C9H10N2O2S/c1-8-4-2-3-5-9(8)14(12,13)11-7-6-10/h2-5,11H,7H2,1H3. The third kappa shape index (κ3) is 2.31. The molecule has 0 radical (unpaired) electrons. The van der Waals surface area contributed by atoms with Crippen molar-refractivity contribution in [2.45, 2.75) is 11.8 Å². The maximum absolute atomic E-state index is 11.5. The number of aryl methyl sites for hydroxylation is 1. The zero-order valence-corrected chi connectivity index (χ0v) is 8.50. The molecule has 1 aromatic carbocycles. The molecule has 0 spiro atoms. The van der Waals surface area contributed by atoms with Gasteiger partial charge in [-0.25, -0.2) is 8.42 Å². The average Bonchev–Trinajstić information content (AvgIpc) is 2.15. The third-order valence-corrected chi connectivity index (χ3v) is 3.29. The minimum atomic E-state index is -3.53. The highest BCUT2D eigenvalue weighted by Gasteiger charge is 2.14. The van der Waals surface area contributed by atoms with Gasteiger partial charge in [-0.1, -0.05) is 18.2 Å². The zero-order valence-electron chi connectivity index (χ0n) is 7.69. The molecule has 0 saturated heterocycles. The van der Waals surface area contributed by atoms with Crippen LogP contribution in [0.2, 0.25) is 0 Å². The Morgan fingerprint density at radius 3 is 2.64 bits per heavy atom. The van der Waals surface area contributed by atoms with Crippen LogP contribution in [0.1, 0.15) is 5.56 Å². The second-order valence-electron chi connectivity index (χ2n) is 2.75. The topological polar surface area (TPSA) is 70.0 Å². The van der Waals surface area contributed by atoms with Gasteiger partial charge in [0.2, 0.25) is 10.0 Å². The lowest BCUT2D eigenvalue weighted by atomic mass is 10.2. The Labute approximate surface area is 83.2 Å². The Morgan fingerprint density at radius 1 is 1.43 bits per heavy atom. The summed E-state index contributed by atoms with van der Waals surface area (Å²) in [5, 5.41) is 8.27. The highest BCUT2D eigenvalue weighted by Crippen LogP contribution is 2.13. The van der Waals surface area contributed by atoms with Crippen LogP contribution >= 0.6 is 0 Å². The van der Waals surface area contributed by atoms with E-state index in [1.807, 2.05) is 0 Å². The van der Waals surface area contributed by atoms with E-state index in [2.05, 4.69) is 4.72 Å². The van der Waals surface area contributed by atoms with Gasteiger partial charge in [0.05, 0.1) is 17.5 Å². The Balaban J connectivity index is 3.06. The molecule has 1 aromatic rings. The van der Waals surface area contributed by atoms with E-state index in [1.54, 1.807) is 31.2 Å². The number of nitrogens with one attached hydrogen (secondary N) is 1. The Kier molecular flexibility index (Phi) is 3.23. The highest BCUT2D eigenvalue weighted by atomic mass is 32.2. The van der Waals surface area contributed by atoms with Gasteiger partial charge in [-0.15, -0.1) is 0 Å². The summed E-state index contributed by atoms with van der Waals surface area (Å²) in [6.07, 6.45) is 0. The summed E-state index contributed by atoms with van der Waals surface area (Å²) < 4.78 is 25.3. The number of nitrogens with zero attached hydrogens (tertiary/aromatic N) is 1. The van der Waals surface area contributed by atoms with Crippen molar-refractivity contribution in [2.75, 3.05) is 6.54 Å². The largest absolute Gasteiger partial charge is 0.241 e. The van der Waals surface area contributed by atoms with Crippen LogP contribution < -0.4 is 4.72 Å². The minimum Gasteiger partial charge on any atom is -0.207 e. The van der Waals surface area contributed by atoms with Crippen LogP contribution in [-0.2, 0) is 10.0 Å². The van der Waals surface area contributed by atoms with E-state index >= 15 is 0 Å². The average molecular weight is 210 g/mol. The van der Waals surface area contributed by atoms with Crippen LogP contribution in [-0.4, -0.2) is 15.0 Å². The number of sulfonamides is 1. The van der Waals surface area contributed by atoms with Gasteiger partial charge in [0.1, 0.15) is 0 Å². The first-order valence-corrected chi connectivity index (χ1v) is 5.48. The number of hydrogen-bond donors (Lipinski definition) is 1. The summed E-state index contributed by atoms with van der Waals surface area (Å²) >= 11 is 0. The molecule has 74 valence electrons. The number of rotatable bonds is 3. The van der Waals surface area contributed by atoms with Crippen molar-refractivity contribution in [3.63, 3.8) is 0 Å². The fraction of sp³-hybridized carbons (Fsp3) is 0.222. The second-order valence-corrected chi connectivity index (χ2v) is 4.48. The Morgan fingerprint density at radius 2 is 2.07 bits per heavy atom. The third-order valence-electron chi connectivity index (χ3n) is 1.72. The van der Waals surface area contributed by atoms with E-state index in [4.69, 9.17) is 5.26 Å². The van der Waals surface area contributed by atoms with Crippen molar-refractivity contribution in [2.24, 2.45) is 0 Å². The first-order valence-electron chi connectivity index (χ1n) is 4.00. The smallest absolute Gasteiger partial charge is 0.207 e. The first kappa shape index (κ1) is 10.7. The molecule has 0 unspecified atom stereocenters. The van der Waals surface area contributed by atoms with E-state index in [0.717, 1.165) is 0 Å². The monoisotopic (exact) mass is 210 g/mol. The molecule has 4 nitrogen and oxygen atoms in total. The molecule has 0 aliphatic carbocycles. The lowest BCUT2D eigenvalue weighted by Crippen LogP contribution is -2.24. The summed E-state index contributed by atoms with van der Waals surface area (Å²) in [5.41, 5.74) is 0.665. The SMILES string of the molecule is Cc1ccccc1S(=O)(=O)NCC#N. The van der Waals surface area contributed by atoms with Gasteiger partial charge >= 0.3 is 0 Å². The Bertz CT molecular complexity index is 460. The van der Waals surface area contributed by atoms with Crippen molar-refractivity contribution < 1.29 is 8.42 Å². The van der Waals surface area contributed by atoms with Gasteiger partial charge in [0, 0.05) is 0 Å². The Hall–Kier alpha value is -1.38. The van der Waals surface area contributed by atoms with Crippen molar-refractivity contribution in [3.05, 3.63) is 29.8 Å². The van der Waals surface area contributed by atoms with Gasteiger partial charge < -0.3 is 0 Å². The summed E-state index contributed by atoms with van der Waals surface area (Å²) in [6.45, 7) is 1.50. The molecule has 1 rings (SSSR count). The molecule has 14 heavy (non-hydrogen) atoms. The van der Waals surface area contributed by atoms with E-state index in [-0.39, 0.29) is 11.4 Å². The van der Waals surface area contributed by atoms with Gasteiger partial charge in [0.25, 0.3) is 0 Å². The molecular weight excluding hydrogens is 200 g/mol. The van der Waals surface area contributed by atoms with Crippen LogP contribution in [0, 0.1) is 18.3 Å². The maximum atomic E-state index is 11.5. The van der Waals surface area contributed by atoms with Crippen LogP contribution in [0.5, 0.6) is 0 Å². The number of nitriles is 1. The van der Waals surface area contributed by atoms with E-state index in [0.29, 0.717) is 5.56 Å². The van der Waals surface area contributed by atoms with Crippen molar-refractivity contribution >= 4 is 10.0 Å². The van der Waals surface area contributed by atoms with Crippen molar-refractivity contribution in [1.29, 1.82) is 5.26 Å². The van der Waals surface area contributed by atoms with E-state index in [9.17, 15) is 8.42 Å². The van der Waals surface area contributed by atoms with Crippen LogP contribution in [0.4, 0.5) is 0 Å². The lowest BCUT2D eigenvalue weighted by molar-refractivity contribution is 0.585. The minimum absolute atomic E-state index is 0.212. The maximum Gasteiger partial charge on any atom is 0.241 e. The summed E-state index contributed by atoms with van der Waals surface area (Å²) in [6, 6.07) is 8.35. The van der Waals surface area contributed by atoms with E-state index in [1.165, 1.54) is 6.07 Å². The molecule has 0 saturated carbocycles.